The van der Waals surface area contributed by atoms with E-state index in [1.54, 1.807) is 24.1 Å². The number of carbonyl (C=O) groups excluding carboxylic acids is 1. The third kappa shape index (κ3) is 3.15. The van der Waals surface area contributed by atoms with Crippen molar-refractivity contribution in [3.63, 3.8) is 0 Å². The maximum absolute atomic E-state index is 12.1. The Hall–Kier alpha value is -3.09. The topological polar surface area (TPSA) is 95.1 Å². The van der Waals surface area contributed by atoms with Gasteiger partial charge in [0.1, 0.15) is 5.69 Å². The van der Waals surface area contributed by atoms with Gasteiger partial charge in [-0.1, -0.05) is 29.5 Å². The van der Waals surface area contributed by atoms with E-state index in [1.165, 1.54) is 0 Å². The molecule has 24 heavy (non-hydrogen) atoms. The van der Waals surface area contributed by atoms with Crippen molar-refractivity contribution < 1.29 is 4.79 Å². The number of anilines is 3. The number of benzene rings is 2. The van der Waals surface area contributed by atoms with E-state index in [-0.39, 0.29) is 6.03 Å². The number of nitrogens with one attached hydrogen (secondary N) is 2. The van der Waals surface area contributed by atoms with Crippen molar-refractivity contribution in [1.82, 2.24) is 5.32 Å². The molecule has 0 radical (unpaired) electrons. The van der Waals surface area contributed by atoms with Crippen molar-refractivity contribution in [2.75, 3.05) is 29.7 Å². The summed E-state index contributed by atoms with van der Waals surface area (Å²) in [6.45, 7) is 0.675. The highest BCUT2D eigenvalue weighted by molar-refractivity contribution is 5.97. The van der Waals surface area contributed by atoms with Crippen LogP contribution >= 0.6 is 0 Å². The number of para-hydroxylation sites is 2. The first-order valence-electron chi connectivity index (χ1n) is 7.83. The van der Waals surface area contributed by atoms with Crippen LogP contribution in [0.15, 0.2) is 52.8 Å². The predicted octanol–water partition coefficient (Wildman–Crippen LogP) is 3.47. The molecule has 3 rings (SSSR count). The molecule has 0 spiro atoms. The molecule has 1 aliphatic heterocycles. The molecule has 0 bridgehead atoms. The lowest BCUT2D eigenvalue weighted by atomic mass is 10.0. The Bertz CT molecular complexity index is 773. The molecule has 1 heterocycles. The fourth-order valence-electron chi connectivity index (χ4n) is 2.79. The summed E-state index contributed by atoms with van der Waals surface area (Å²) < 4.78 is 0. The minimum atomic E-state index is -0.130. The maximum atomic E-state index is 12.1. The molecular formula is C17H20N6O. The van der Waals surface area contributed by atoms with E-state index in [1.807, 2.05) is 30.3 Å². The lowest BCUT2D eigenvalue weighted by Crippen LogP contribution is -2.41. The minimum absolute atomic E-state index is 0.130. The van der Waals surface area contributed by atoms with Gasteiger partial charge in [-0.15, -0.1) is 5.11 Å². The zero-order chi connectivity index (χ0) is 16.9. The van der Waals surface area contributed by atoms with Gasteiger partial charge in [-0.3, -0.25) is 10.3 Å². The Labute approximate surface area is 140 Å². The molecule has 0 aliphatic carbocycles. The molecule has 2 aromatic rings. The summed E-state index contributed by atoms with van der Waals surface area (Å²) in [4.78, 5) is 13.9. The maximum Gasteiger partial charge on any atom is 0.321 e. The summed E-state index contributed by atoms with van der Waals surface area (Å²) in [5.41, 5.74) is 12.7. The van der Waals surface area contributed by atoms with Crippen molar-refractivity contribution in [2.24, 2.45) is 10.3 Å². The van der Waals surface area contributed by atoms with Gasteiger partial charge >= 0.3 is 6.03 Å². The van der Waals surface area contributed by atoms with Crippen LogP contribution in [0.25, 0.3) is 0 Å². The highest BCUT2D eigenvalue weighted by Crippen LogP contribution is 2.35. The van der Waals surface area contributed by atoms with E-state index < -0.39 is 0 Å². The highest BCUT2D eigenvalue weighted by Gasteiger charge is 2.24. The summed E-state index contributed by atoms with van der Waals surface area (Å²) >= 11 is 0. The summed E-state index contributed by atoms with van der Waals surface area (Å²) in [6.07, 6.45) is 1.87. The van der Waals surface area contributed by atoms with E-state index in [9.17, 15) is 4.79 Å². The molecule has 7 heteroatoms. The molecule has 0 aromatic heterocycles. The second kappa shape index (κ2) is 6.99. The SMILES string of the molecule is CNC(=O)N1CCCc2cccc(NN=Nc3ccccc3N)c21. The van der Waals surface area contributed by atoms with Crippen molar-refractivity contribution in [3.05, 3.63) is 48.0 Å². The number of fused-ring (bicyclic) bond motifs is 1. The van der Waals surface area contributed by atoms with Gasteiger partial charge in [0, 0.05) is 13.6 Å². The van der Waals surface area contributed by atoms with E-state index in [0.29, 0.717) is 17.9 Å². The van der Waals surface area contributed by atoms with Gasteiger partial charge in [-0.25, -0.2) is 4.79 Å². The fraction of sp³-hybridized carbons (Fsp3) is 0.235. The fourth-order valence-corrected chi connectivity index (χ4v) is 2.79. The van der Waals surface area contributed by atoms with Crippen LogP contribution in [0.4, 0.5) is 27.5 Å². The summed E-state index contributed by atoms with van der Waals surface area (Å²) in [7, 11) is 1.63. The zero-order valence-electron chi connectivity index (χ0n) is 13.5. The number of nitrogen functional groups attached to an aromatic ring is 1. The number of carbonyl (C=O) groups is 1. The third-order valence-electron chi connectivity index (χ3n) is 3.94. The molecule has 0 saturated heterocycles. The van der Waals surface area contributed by atoms with Gasteiger partial charge < -0.3 is 11.1 Å². The molecule has 7 nitrogen and oxygen atoms in total. The number of nitrogens with two attached hydrogens (primary N) is 1. The number of rotatable bonds is 3. The Morgan fingerprint density at radius 1 is 1.21 bits per heavy atom. The van der Waals surface area contributed by atoms with Gasteiger partial charge in [-0.05, 0) is 36.6 Å². The molecule has 2 aromatic carbocycles. The molecule has 0 atom stereocenters. The number of nitrogens with zero attached hydrogens (tertiary/aromatic N) is 3. The van der Waals surface area contributed by atoms with Crippen molar-refractivity contribution >= 4 is 28.8 Å². The normalized spacial score (nSPS) is 13.6. The second-order valence-corrected chi connectivity index (χ2v) is 5.49. The number of urea groups is 1. The van der Waals surface area contributed by atoms with E-state index in [2.05, 4.69) is 21.1 Å². The van der Waals surface area contributed by atoms with E-state index in [0.717, 1.165) is 29.8 Å². The predicted molar refractivity (Wildman–Crippen MR) is 95.6 cm³/mol. The zero-order valence-corrected chi connectivity index (χ0v) is 13.5. The largest absolute Gasteiger partial charge is 0.397 e. The van der Waals surface area contributed by atoms with E-state index in [4.69, 9.17) is 5.73 Å². The van der Waals surface area contributed by atoms with Crippen LogP contribution in [0.1, 0.15) is 12.0 Å². The summed E-state index contributed by atoms with van der Waals surface area (Å²) in [6, 6.07) is 13.0. The van der Waals surface area contributed by atoms with Gasteiger partial charge in [0.15, 0.2) is 0 Å². The molecule has 1 aliphatic rings. The lowest BCUT2D eigenvalue weighted by molar-refractivity contribution is 0.247. The smallest absolute Gasteiger partial charge is 0.321 e. The Morgan fingerprint density at radius 3 is 2.83 bits per heavy atom. The van der Waals surface area contributed by atoms with Crippen LogP contribution in [0.2, 0.25) is 0 Å². The van der Waals surface area contributed by atoms with Crippen LogP contribution in [0.5, 0.6) is 0 Å². The molecule has 2 amide bonds. The van der Waals surface area contributed by atoms with Crippen LogP contribution < -0.4 is 21.4 Å². The molecule has 0 unspecified atom stereocenters. The molecular weight excluding hydrogens is 304 g/mol. The lowest BCUT2D eigenvalue weighted by Gasteiger charge is -2.30. The van der Waals surface area contributed by atoms with Gasteiger partial charge in [0.2, 0.25) is 0 Å². The molecule has 0 saturated carbocycles. The minimum Gasteiger partial charge on any atom is -0.397 e. The first-order valence-corrected chi connectivity index (χ1v) is 7.83. The monoisotopic (exact) mass is 324 g/mol. The van der Waals surface area contributed by atoms with Crippen LogP contribution in [0, 0.1) is 0 Å². The van der Waals surface area contributed by atoms with Crippen LogP contribution in [-0.2, 0) is 6.42 Å². The van der Waals surface area contributed by atoms with Crippen molar-refractivity contribution in [2.45, 2.75) is 12.8 Å². The van der Waals surface area contributed by atoms with Crippen molar-refractivity contribution in [3.8, 4) is 0 Å². The Morgan fingerprint density at radius 2 is 2.04 bits per heavy atom. The summed E-state index contributed by atoms with van der Waals surface area (Å²) in [5, 5.41) is 10.8. The first kappa shape index (κ1) is 15.8. The first-order chi connectivity index (χ1) is 11.7. The Kier molecular flexibility index (Phi) is 4.60. The number of hydrogen-bond donors (Lipinski definition) is 3. The quantitative estimate of drug-likeness (QED) is 0.458. The van der Waals surface area contributed by atoms with E-state index >= 15 is 0 Å². The average molecular weight is 324 g/mol. The third-order valence-corrected chi connectivity index (χ3v) is 3.94. The summed E-state index contributed by atoms with van der Waals surface area (Å²) in [5.74, 6) is 0. The molecule has 124 valence electrons. The van der Waals surface area contributed by atoms with Crippen LogP contribution in [-0.4, -0.2) is 19.6 Å². The second-order valence-electron chi connectivity index (χ2n) is 5.49. The van der Waals surface area contributed by atoms with Crippen LogP contribution in [0.3, 0.4) is 0 Å². The number of aryl methyl sites for hydroxylation is 1. The van der Waals surface area contributed by atoms with Gasteiger partial charge in [0.25, 0.3) is 0 Å². The molecule has 4 N–H and O–H groups in total. The molecule has 0 fully saturated rings. The average Bonchev–Trinajstić information content (AvgIpc) is 2.62. The van der Waals surface area contributed by atoms with Gasteiger partial charge in [0.05, 0.1) is 17.1 Å². The van der Waals surface area contributed by atoms with Crippen molar-refractivity contribution in [1.29, 1.82) is 0 Å². The standard InChI is InChI=1S/C17H20N6O/c1-19-17(24)23-11-5-7-12-6-4-10-15(16(12)23)21-22-20-14-9-3-2-8-13(14)18/h2-4,6,8-10H,5,7,11,18H2,1H3,(H,19,24)(H,20,21). The number of hydrogen-bond acceptors (Lipinski definition) is 4. The Balaban J connectivity index is 1.87. The number of amides is 2. The van der Waals surface area contributed by atoms with Gasteiger partial charge in [-0.2, -0.15) is 0 Å². The highest BCUT2D eigenvalue weighted by atomic mass is 16.2.